The molecule has 1 atom stereocenters. The molecular weight excluding hydrogens is 378 g/mol. The van der Waals surface area contributed by atoms with Gasteiger partial charge in [-0.15, -0.1) is 0 Å². The first-order chi connectivity index (χ1) is 14.6. The fourth-order valence-electron chi connectivity index (χ4n) is 3.51. The number of aromatic nitrogens is 2. The van der Waals surface area contributed by atoms with Gasteiger partial charge in [-0.05, 0) is 42.8 Å². The monoisotopic (exact) mass is 401 g/mol. The molecule has 0 bridgehead atoms. The van der Waals surface area contributed by atoms with Crippen molar-refractivity contribution in [3.05, 3.63) is 83.8 Å². The van der Waals surface area contributed by atoms with Gasteiger partial charge in [0.1, 0.15) is 11.3 Å². The molecular formula is C24H23N3O3. The Morgan fingerprint density at radius 3 is 2.37 bits per heavy atom. The lowest BCUT2D eigenvalue weighted by molar-refractivity contribution is 0.355. The summed E-state index contributed by atoms with van der Waals surface area (Å²) in [5.74, 6) is 1.43. The van der Waals surface area contributed by atoms with E-state index in [2.05, 4.69) is 15.3 Å². The third kappa shape index (κ3) is 3.72. The van der Waals surface area contributed by atoms with Crippen LogP contribution in [0.4, 0.5) is 5.69 Å². The molecule has 0 spiro atoms. The minimum atomic E-state index is -0.321. The van der Waals surface area contributed by atoms with Crippen LogP contribution in [0.1, 0.15) is 22.9 Å². The summed E-state index contributed by atoms with van der Waals surface area (Å²) in [4.78, 5) is 8.67. The van der Waals surface area contributed by atoms with E-state index in [4.69, 9.17) is 9.47 Å². The average molecular weight is 401 g/mol. The highest BCUT2D eigenvalue weighted by molar-refractivity contribution is 5.86. The van der Waals surface area contributed by atoms with Gasteiger partial charge in [-0.25, -0.2) is 4.98 Å². The van der Waals surface area contributed by atoms with E-state index in [1.165, 1.54) is 0 Å². The van der Waals surface area contributed by atoms with Crippen molar-refractivity contribution in [2.45, 2.75) is 13.0 Å². The molecule has 0 radical (unpaired) electrons. The number of nitrogens with one attached hydrogen (secondary N) is 1. The van der Waals surface area contributed by atoms with Crippen LogP contribution in [0.25, 0.3) is 10.9 Å². The third-order valence-corrected chi connectivity index (χ3v) is 5.05. The maximum Gasteiger partial charge on any atom is 0.162 e. The first kappa shape index (κ1) is 19.5. The quantitative estimate of drug-likeness (QED) is 0.480. The van der Waals surface area contributed by atoms with E-state index in [1.807, 2.05) is 61.5 Å². The smallest absolute Gasteiger partial charge is 0.162 e. The molecule has 30 heavy (non-hydrogen) atoms. The zero-order valence-corrected chi connectivity index (χ0v) is 17.1. The molecule has 0 amide bonds. The van der Waals surface area contributed by atoms with Crippen LogP contribution in [0.5, 0.6) is 17.2 Å². The van der Waals surface area contributed by atoms with Crippen LogP contribution in [0.3, 0.4) is 0 Å². The van der Waals surface area contributed by atoms with Gasteiger partial charge in [-0.3, -0.25) is 4.98 Å². The summed E-state index contributed by atoms with van der Waals surface area (Å²) >= 11 is 0. The zero-order valence-electron chi connectivity index (χ0n) is 17.1. The van der Waals surface area contributed by atoms with Crippen LogP contribution >= 0.6 is 0 Å². The molecule has 0 aliphatic carbocycles. The summed E-state index contributed by atoms with van der Waals surface area (Å²) in [5.41, 5.74) is 3.94. The number of phenols is 1. The minimum absolute atomic E-state index is 0.158. The summed E-state index contributed by atoms with van der Waals surface area (Å²) in [7, 11) is 3.21. The van der Waals surface area contributed by atoms with Crippen molar-refractivity contribution in [2.75, 3.05) is 19.5 Å². The number of ether oxygens (including phenoxy) is 2. The number of aryl methyl sites for hydroxylation is 1. The number of hydrogen-bond donors (Lipinski definition) is 2. The van der Waals surface area contributed by atoms with Gasteiger partial charge in [-0.1, -0.05) is 18.2 Å². The predicted molar refractivity (Wildman–Crippen MR) is 117 cm³/mol. The van der Waals surface area contributed by atoms with Gasteiger partial charge in [0.15, 0.2) is 11.5 Å². The molecule has 2 heterocycles. The second kappa shape index (κ2) is 8.29. The van der Waals surface area contributed by atoms with E-state index in [0.29, 0.717) is 17.0 Å². The Labute approximate surface area is 175 Å². The lowest BCUT2D eigenvalue weighted by Crippen LogP contribution is -2.13. The molecule has 0 saturated heterocycles. The molecule has 6 heteroatoms. The van der Waals surface area contributed by atoms with E-state index in [1.54, 1.807) is 26.6 Å². The number of methoxy groups -OCH3 is 2. The molecule has 1 unspecified atom stereocenters. The molecule has 0 fully saturated rings. The molecule has 2 aromatic heterocycles. The highest BCUT2D eigenvalue weighted by Gasteiger charge is 2.20. The standard InChI is InChI=1S/C24H23N3O3/c1-15-4-5-16-6-8-19(24(28)23(16)26-15)22(17-10-12-25-13-11-17)27-18-7-9-20(29-2)21(14-18)30-3/h4-14,22,27-28H,1-3H3. The SMILES string of the molecule is COc1ccc(NC(c2ccncc2)c2ccc3ccc(C)nc3c2O)cc1OC. The number of fused-ring (bicyclic) bond motifs is 1. The Kier molecular flexibility index (Phi) is 5.39. The van der Waals surface area contributed by atoms with E-state index in [9.17, 15) is 5.11 Å². The Morgan fingerprint density at radius 1 is 0.900 bits per heavy atom. The molecule has 0 aliphatic heterocycles. The predicted octanol–water partition coefficient (Wildman–Crippen LogP) is 4.86. The molecule has 4 aromatic rings. The normalized spacial score (nSPS) is 11.8. The zero-order chi connectivity index (χ0) is 21.1. The van der Waals surface area contributed by atoms with E-state index >= 15 is 0 Å². The molecule has 152 valence electrons. The van der Waals surface area contributed by atoms with E-state index in [-0.39, 0.29) is 11.8 Å². The van der Waals surface area contributed by atoms with Crippen molar-refractivity contribution in [1.82, 2.24) is 9.97 Å². The highest BCUT2D eigenvalue weighted by atomic mass is 16.5. The fraction of sp³-hybridized carbons (Fsp3) is 0.167. The number of phenolic OH excluding ortho intramolecular Hbond substituents is 1. The van der Waals surface area contributed by atoms with E-state index < -0.39 is 0 Å². The number of hydrogen-bond acceptors (Lipinski definition) is 6. The van der Waals surface area contributed by atoms with Gasteiger partial charge < -0.3 is 19.9 Å². The van der Waals surface area contributed by atoms with Crippen molar-refractivity contribution in [3.63, 3.8) is 0 Å². The third-order valence-electron chi connectivity index (χ3n) is 5.05. The van der Waals surface area contributed by atoms with Crippen LogP contribution < -0.4 is 14.8 Å². The summed E-state index contributed by atoms with van der Waals surface area (Å²) in [5, 5.41) is 15.5. The van der Waals surface area contributed by atoms with Gasteiger partial charge in [0.25, 0.3) is 0 Å². The number of anilines is 1. The summed E-state index contributed by atoms with van der Waals surface area (Å²) in [6, 6.07) is 16.9. The van der Waals surface area contributed by atoms with Crippen molar-refractivity contribution in [3.8, 4) is 17.2 Å². The average Bonchev–Trinajstić information content (AvgIpc) is 2.79. The van der Waals surface area contributed by atoms with Crippen LogP contribution in [0, 0.1) is 6.92 Å². The first-order valence-electron chi connectivity index (χ1n) is 9.58. The maximum absolute atomic E-state index is 11.1. The number of benzene rings is 2. The summed E-state index contributed by atoms with van der Waals surface area (Å²) < 4.78 is 10.8. The van der Waals surface area contributed by atoms with Gasteiger partial charge in [0, 0.05) is 40.8 Å². The van der Waals surface area contributed by atoms with Gasteiger partial charge >= 0.3 is 0 Å². The van der Waals surface area contributed by atoms with Crippen LogP contribution in [0.2, 0.25) is 0 Å². The number of nitrogens with zero attached hydrogens (tertiary/aromatic N) is 2. The Morgan fingerprint density at radius 2 is 1.63 bits per heavy atom. The van der Waals surface area contributed by atoms with Crippen LogP contribution in [0.15, 0.2) is 67.0 Å². The largest absolute Gasteiger partial charge is 0.505 e. The minimum Gasteiger partial charge on any atom is -0.505 e. The van der Waals surface area contributed by atoms with Crippen molar-refractivity contribution < 1.29 is 14.6 Å². The van der Waals surface area contributed by atoms with E-state index in [0.717, 1.165) is 27.9 Å². The topological polar surface area (TPSA) is 76.5 Å². The molecule has 0 saturated carbocycles. The second-order valence-electron chi connectivity index (χ2n) is 6.96. The Bertz CT molecular complexity index is 1180. The van der Waals surface area contributed by atoms with Gasteiger partial charge in [0.05, 0.1) is 20.3 Å². The lowest BCUT2D eigenvalue weighted by Gasteiger charge is -2.23. The Balaban J connectivity index is 1.82. The lowest BCUT2D eigenvalue weighted by atomic mass is 9.96. The van der Waals surface area contributed by atoms with Gasteiger partial charge in [0.2, 0.25) is 0 Å². The van der Waals surface area contributed by atoms with Crippen molar-refractivity contribution in [2.24, 2.45) is 0 Å². The molecule has 0 aliphatic rings. The summed E-state index contributed by atoms with van der Waals surface area (Å²) in [6.45, 7) is 1.91. The molecule has 4 rings (SSSR count). The number of rotatable bonds is 6. The molecule has 2 N–H and O–H groups in total. The van der Waals surface area contributed by atoms with Crippen molar-refractivity contribution in [1.29, 1.82) is 0 Å². The number of aromatic hydroxyl groups is 1. The molecule has 6 nitrogen and oxygen atoms in total. The maximum atomic E-state index is 11.1. The fourth-order valence-corrected chi connectivity index (χ4v) is 3.51. The number of pyridine rings is 2. The molecule has 2 aromatic carbocycles. The summed E-state index contributed by atoms with van der Waals surface area (Å²) in [6.07, 6.45) is 3.47. The van der Waals surface area contributed by atoms with Gasteiger partial charge in [-0.2, -0.15) is 0 Å². The second-order valence-corrected chi connectivity index (χ2v) is 6.96. The van der Waals surface area contributed by atoms with Crippen LogP contribution in [-0.4, -0.2) is 29.3 Å². The highest BCUT2D eigenvalue weighted by Crippen LogP contribution is 2.38. The first-order valence-corrected chi connectivity index (χ1v) is 9.58. The van der Waals surface area contributed by atoms with Crippen molar-refractivity contribution >= 4 is 16.6 Å². The van der Waals surface area contributed by atoms with Crippen LogP contribution in [-0.2, 0) is 0 Å². The Hall–Kier alpha value is -3.80.